The molecule has 20 heavy (non-hydrogen) atoms. The number of H-pyrrole nitrogens is 1. The van der Waals surface area contributed by atoms with Crippen LogP contribution in [0, 0.1) is 0 Å². The largest absolute Gasteiger partial charge is 0.366 e. The van der Waals surface area contributed by atoms with E-state index < -0.39 is 0 Å². The number of primary amides is 1. The number of likely N-dealkylation sites (N-methyl/N-ethyl adjacent to an activating group) is 1. The summed E-state index contributed by atoms with van der Waals surface area (Å²) in [5.41, 5.74) is 7.02. The third-order valence-corrected chi connectivity index (χ3v) is 5.05. The molecule has 104 valence electrons. The molecule has 2 atom stereocenters. The maximum atomic E-state index is 11.4. The molecule has 0 saturated carbocycles. The van der Waals surface area contributed by atoms with Crippen molar-refractivity contribution in [3.63, 3.8) is 0 Å². The zero-order valence-corrected chi connectivity index (χ0v) is 12.1. The van der Waals surface area contributed by atoms with Crippen molar-refractivity contribution in [3.05, 3.63) is 36.2 Å². The van der Waals surface area contributed by atoms with E-state index in [-0.39, 0.29) is 17.2 Å². The van der Waals surface area contributed by atoms with Crippen molar-refractivity contribution in [2.45, 2.75) is 23.1 Å². The average Bonchev–Trinajstić information content (AvgIpc) is 2.98. The quantitative estimate of drug-likeness (QED) is 0.902. The van der Waals surface area contributed by atoms with Gasteiger partial charge < -0.3 is 10.6 Å². The summed E-state index contributed by atoms with van der Waals surface area (Å²) in [4.78, 5) is 14.5. The molecule has 0 bridgehead atoms. The third kappa shape index (κ3) is 2.16. The number of thioether (sulfide) groups is 1. The topological polar surface area (TPSA) is 75.0 Å². The highest BCUT2D eigenvalue weighted by atomic mass is 32.2. The maximum Gasteiger partial charge on any atom is 0.264 e. The molecule has 6 heteroatoms. The average molecular weight is 288 g/mol. The number of nitrogens with one attached hydrogen (secondary N) is 1. The Morgan fingerprint density at radius 3 is 3.00 bits per heavy atom. The van der Waals surface area contributed by atoms with E-state index in [1.165, 1.54) is 0 Å². The maximum absolute atomic E-state index is 11.4. The summed E-state index contributed by atoms with van der Waals surface area (Å²) in [5.74, 6) is -0.368. The van der Waals surface area contributed by atoms with Gasteiger partial charge in [0.2, 0.25) is 0 Å². The van der Waals surface area contributed by atoms with Crippen molar-refractivity contribution in [2.24, 2.45) is 5.73 Å². The molecule has 2 aromatic rings. The molecule has 3 N–H and O–H groups in total. The number of nitrogens with zero attached hydrogens (tertiary/aromatic N) is 2. The lowest BCUT2D eigenvalue weighted by Gasteiger charge is -2.24. The van der Waals surface area contributed by atoms with Crippen molar-refractivity contribution < 1.29 is 4.79 Å². The van der Waals surface area contributed by atoms with Crippen molar-refractivity contribution in [1.82, 2.24) is 15.1 Å². The van der Waals surface area contributed by atoms with Crippen LogP contribution >= 0.6 is 11.8 Å². The minimum absolute atomic E-state index is 0.215. The number of aromatic amines is 1. The zero-order valence-electron chi connectivity index (χ0n) is 11.3. The summed E-state index contributed by atoms with van der Waals surface area (Å²) in [7, 11) is 1.90. The van der Waals surface area contributed by atoms with Gasteiger partial charge in [-0.1, -0.05) is 0 Å². The summed E-state index contributed by atoms with van der Waals surface area (Å²) >= 11 is 1.73. The van der Waals surface area contributed by atoms with Crippen LogP contribution in [0.5, 0.6) is 0 Å². The van der Waals surface area contributed by atoms with Gasteiger partial charge >= 0.3 is 0 Å². The molecule has 0 aliphatic carbocycles. The minimum Gasteiger partial charge on any atom is -0.366 e. The van der Waals surface area contributed by atoms with Gasteiger partial charge in [0.1, 0.15) is 0 Å². The van der Waals surface area contributed by atoms with Crippen LogP contribution in [0.15, 0.2) is 41.1 Å². The Bertz CT molecular complexity index is 693. The molecule has 1 aromatic heterocycles. The normalized spacial score (nSPS) is 22.3. The SMILES string of the molecule is CC1C(Sc2ccc3[nH]ncc3c2)C=C(C(N)=O)N1C. The van der Waals surface area contributed by atoms with Crippen molar-refractivity contribution in [3.8, 4) is 0 Å². The Balaban J connectivity index is 1.85. The van der Waals surface area contributed by atoms with E-state index in [4.69, 9.17) is 5.73 Å². The van der Waals surface area contributed by atoms with Crippen LogP contribution in [0.25, 0.3) is 10.9 Å². The molecule has 3 rings (SSSR count). The molecular weight excluding hydrogens is 272 g/mol. The van der Waals surface area contributed by atoms with E-state index in [9.17, 15) is 4.79 Å². The fourth-order valence-electron chi connectivity index (χ4n) is 2.39. The molecule has 1 aliphatic rings. The highest BCUT2D eigenvalue weighted by Gasteiger charge is 2.31. The Morgan fingerprint density at radius 1 is 1.50 bits per heavy atom. The van der Waals surface area contributed by atoms with Crippen LogP contribution in [0.1, 0.15) is 6.92 Å². The molecule has 0 saturated heterocycles. The Kier molecular flexibility index (Phi) is 3.17. The first-order valence-electron chi connectivity index (χ1n) is 6.40. The van der Waals surface area contributed by atoms with Crippen molar-refractivity contribution in [1.29, 1.82) is 0 Å². The van der Waals surface area contributed by atoms with E-state index in [1.54, 1.807) is 11.8 Å². The number of benzene rings is 1. The second-order valence-electron chi connectivity index (χ2n) is 4.97. The van der Waals surface area contributed by atoms with Gasteiger partial charge in [0, 0.05) is 28.6 Å². The summed E-state index contributed by atoms with van der Waals surface area (Å²) in [6.45, 7) is 2.10. The monoisotopic (exact) mass is 288 g/mol. The second-order valence-corrected chi connectivity index (χ2v) is 6.22. The van der Waals surface area contributed by atoms with E-state index in [0.717, 1.165) is 15.8 Å². The summed E-state index contributed by atoms with van der Waals surface area (Å²) in [5, 5.41) is 8.26. The number of amides is 1. The van der Waals surface area contributed by atoms with Crippen molar-refractivity contribution >= 4 is 28.6 Å². The van der Waals surface area contributed by atoms with Crippen LogP contribution in [0.3, 0.4) is 0 Å². The minimum atomic E-state index is -0.368. The van der Waals surface area contributed by atoms with Gasteiger partial charge in [0.15, 0.2) is 0 Å². The number of rotatable bonds is 3. The predicted octanol–water partition coefficient (Wildman–Crippen LogP) is 1.73. The predicted molar refractivity (Wildman–Crippen MR) is 80.2 cm³/mol. The lowest BCUT2D eigenvalue weighted by Crippen LogP contribution is -2.33. The smallest absolute Gasteiger partial charge is 0.264 e. The standard InChI is InChI=1S/C14H16N4OS/c1-8-13(6-12(14(15)19)18(8)2)20-10-3-4-11-9(5-10)7-16-17-11/h3-8,13H,1-2H3,(H2,15,19)(H,16,17). The number of carbonyl (C=O) groups is 1. The molecule has 5 nitrogen and oxygen atoms in total. The lowest BCUT2D eigenvalue weighted by atomic mass is 10.2. The van der Waals surface area contributed by atoms with Crippen LogP contribution in [-0.4, -0.2) is 39.3 Å². The molecule has 0 fully saturated rings. The van der Waals surface area contributed by atoms with Gasteiger partial charge in [0.05, 0.1) is 17.4 Å². The van der Waals surface area contributed by atoms with Crippen molar-refractivity contribution in [2.75, 3.05) is 7.05 Å². The third-order valence-electron chi connectivity index (χ3n) is 3.72. The summed E-state index contributed by atoms with van der Waals surface area (Å²) in [6, 6.07) is 6.43. The van der Waals surface area contributed by atoms with Crippen LogP contribution in [-0.2, 0) is 4.79 Å². The van der Waals surface area contributed by atoms with E-state index in [2.05, 4.69) is 29.3 Å². The Morgan fingerprint density at radius 2 is 2.30 bits per heavy atom. The van der Waals surface area contributed by atoms with E-state index >= 15 is 0 Å². The molecule has 1 aliphatic heterocycles. The molecule has 2 heterocycles. The number of nitrogens with two attached hydrogens (primary N) is 1. The van der Waals surface area contributed by atoms with Gasteiger partial charge in [-0.25, -0.2) is 0 Å². The molecule has 1 aromatic carbocycles. The highest BCUT2D eigenvalue weighted by Crippen LogP contribution is 2.35. The van der Waals surface area contributed by atoms with Gasteiger partial charge in [-0.3, -0.25) is 9.89 Å². The number of aromatic nitrogens is 2. The first-order chi connectivity index (χ1) is 9.56. The highest BCUT2D eigenvalue weighted by molar-refractivity contribution is 8.00. The fraction of sp³-hybridized carbons (Fsp3) is 0.286. The van der Waals surface area contributed by atoms with Crippen LogP contribution < -0.4 is 5.73 Å². The van der Waals surface area contributed by atoms with Gasteiger partial charge in [-0.2, -0.15) is 5.10 Å². The summed E-state index contributed by atoms with van der Waals surface area (Å²) in [6.07, 6.45) is 3.77. The van der Waals surface area contributed by atoms with E-state index in [1.807, 2.05) is 30.3 Å². The Labute approximate surface area is 121 Å². The number of hydrogen-bond donors (Lipinski definition) is 2. The molecule has 2 unspecified atom stereocenters. The molecular formula is C14H16N4OS. The van der Waals surface area contributed by atoms with Crippen LogP contribution in [0.4, 0.5) is 0 Å². The summed E-state index contributed by atoms with van der Waals surface area (Å²) < 4.78 is 0. The number of carbonyl (C=O) groups excluding carboxylic acids is 1. The first kappa shape index (κ1) is 13.1. The molecule has 1 amide bonds. The zero-order chi connectivity index (χ0) is 14.3. The number of fused-ring (bicyclic) bond motifs is 1. The number of hydrogen-bond acceptors (Lipinski definition) is 4. The second kappa shape index (κ2) is 4.86. The lowest BCUT2D eigenvalue weighted by molar-refractivity contribution is -0.115. The van der Waals surface area contributed by atoms with Gasteiger partial charge in [0.25, 0.3) is 5.91 Å². The van der Waals surface area contributed by atoms with Gasteiger partial charge in [-0.05, 0) is 31.2 Å². The Hall–Kier alpha value is -1.95. The molecule has 0 radical (unpaired) electrons. The molecule has 0 spiro atoms. The van der Waals surface area contributed by atoms with Gasteiger partial charge in [-0.15, -0.1) is 11.8 Å². The van der Waals surface area contributed by atoms with Crippen LogP contribution in [0.2, 0.25) is 0 Å². The van der Waals surface area contributed by atoms with E-state index in [0.29, 0.717) is 5.70 Å². The first-order valence-corrected chi connectivity index (χ1v) is 7.28. The fourth-order valence-corrected chi connectivity index (χ4v) is 3.62.